The van der Waals surface area contributed by atoms with E-state index in [1.54, 1.807) is 0 Å². The van der Waals surface area contributed by atoms with Gasteiger partial charge in [0.25, 0.3) is 0 Å². The van der Waals surface area contributed by atoms with Crippen molar-refractivity contribution in [2.24, 2.45) is 0 Å². The summed E-state index contributed by atoms with van der Waals surface area (Å²) >= 11 is 0. The molecule has 0 amide bonds. The average molecular weight is 140 g/mol. The van der Waals surface area contributed by atoms with Crippen molar-refractivity contribution in [3.8, 4) is 12.3 Å². The standard InChI is InChI=1S/C8H16Si/c1-4-5-6-7-8-9(2)3/h1,9H,5-8H2,2-3H3. The van der Waals surface area contributed by atoms with Crippen LogP contribution in [-0.4, -0.2) is 8.80 Å². The summed E-state index contributed by atoms with van der Waals surface area (Å²) in [5.74, 6) is 2.66. The number of unbranched alkanes of at least 4 members (excludes halogenated alkanes) is 2. The lowest BCUT2D eigenvalue weighted by Crippen LogP contribution is -1.97. The van der Waals surface area contributed by atoms with Crippen LogP contribution in [0.1, 0.15) is 19.3 Å². The second-order valence-electron chi connectivity index (χ2n) is 2.84. The van der Waals surface area contributed by atoms with E-state index in [2.05, 4.69) is 19.0 Å². The Morgan fingerprint density at radius 1 is 1.33 bits per heavy atom. The van der Waals surface area contributed by atoms with Gasteiger partial charge in [-0.05, 0) is 6.42 Å². The Hall–Kier alpha value is -0.223. The molecule has 0 aliphatic heterocycles. The Bertz CT molecular complexity index is 89.2. The van der Waals surface area contributed by atoms with Crippen molar-refractivity contribution in [3.63, 3.8) is 0 Å². The van der Waals surface area contributed by atoms with E-state index in [1.807, 2.05) is 0 Å². The molecule has 0 rings (SSSR count). The molecule has 0 fully saturated rings. The van der Waals surface area contributed by atoms with Crippen molar-refractivity contribution in [3.05, 3.63) is 0 Å². The highest BCUT2D eigenvalue weighted by molar-refractivity contribution is 6.55. The van der Waals surface area contributed by atoms with Gasteiger partial charge in [0.15, 0.2) is 0 Å². The van der Waals surface area contributed by atoms with Crippen LogP contribution in [0.4, 0.5) is 0 Å². The highest BCUT2D eigenvalue weighted by atomic mass is 28.3. The maximum Gasteiger partial charge on any atom is 0.0305 e. The molecule has 0 aliphatic rings. The molecule has 0 aliphatic carbocycles. The summed E-state index contributed by atoms with van der Waals surface area (Å²) in [6, 6.07) is 1.46. The third-order valence-electron chi connectivity index (χ3n) is 1.35. The van der Waals surface area contributed by atoms with Gasteiger partial charge in [0.05, 0.1) is 0 Å². The quantitative estimate of drug-likeness (QED) is 0.319. The number of hydrogen-bond donors (Lipinski definition) is 0. The van der Waals surface area contributed by atoms with Crippen molar-refractivity contribution >= 4 is 8.80 Å². The predicted octanol–water partition coefficient (Wildman–Crippen LogP) is 2.28. The van der Waals surface area contributed by atoms with Gasteiger partial charge in [0, 0.05) is 15.2 Å². The Labute approximate surface area is 60.3 Å². The molecule has 0 spiro atoms. The van der Waals surface area contributed by atoms with E-state index >= 15 is 0 Å². The van der Waals surface area contributed by atoms with E-state index in [0.29, 0.717) is 0 Å². The summed E-state index contributed by atoms with van der Waals surface area (Å²) in [5.41, 5.74) is 0. The van der Waals surface area contributed by atoms with Crippen LogP contribution in [0.15, 0.2) is 0 Å². The lowest BCUT2D eigenvalue weighted by atomic mass is 10.3. The topological polar surface area (TPSA) is 0 Å². The first-order chi connectivity index (χ1) is 4.27. The first-order valence-corrected chi connectivity index (χ1v) is 6.83. The van der Waals surface area contributed by atoms with Gasteiger partial charge in [0.2, 0.25) is 0 Å². The summed E-state index contributed by atoms with van der Waals surface area (Å²) in [5, 5.41) is 0. The SMILES string of the molecule is C#CCCCC[SiH](C)C. The van der Waals surface area contributed by atoms with Gasteiger partial charge in [-0.2, -0.15) is 0 Å². The smallest absolute Gasteiger partial charge is 0.0305 e. The van der Waals surface area contributed by atoms with Crippen LogP contribution in [0.25, 0.3) is 0 Å². The van der Waals surface area contributed by atoms with Crippen molar-refractivity contribution in [2.45, 2.75) is 38.4 Å². The van der Waals surface area contributed by atoms with Crippen LogP contribution >= 0.6 is 0 Å². The summed E-state index contributed by atoms with van der Waals surface area (Å²) in [7, 11) is -0.282. The number of rotatable bonds is 4. The zero-order valence-electron chi connectivity index (χ0n) is 6.48. The molecule has 0 unspecified atom stereocenters. The second-order valence-corrected chi connectivity index (χ2v) is 6.21. The highest BCUT2D eigenvalue weighted by Crippen LogP contribution is 2.02. The first kappa shape index (κ1) is 8.78. The molecule has 0 nitrogen and oxygen atoms in total. The van der Waals surface area contributed by atoms with E-state index < -0.39 is 0 Å². The molecule has 0 aromatic heterocycles. The Balaban J connectivity index is 2.85. The maximum absolute atomic E-state index is 5.11. The van der Waals surface area contributed by atoms with E-state index in [9.17, 15) is 0 Å². The first-order valence-electron chi connectivity index (χ1n) is 3.71. The monoisotopic (exact) mass is 140 g/mol. The van der Waals surface area contributed by atoms with Crippen LogP contribution in [0.5, 0.6) is 0 Å². The summed E-state index contributed by atoms with van der Waals surface area (Å²) in [4.78, 5) is 0. The Morgan fingerprint density at radius 3 is 2.44 bits per heavy atom. The molecule has 1 heteroatoms. The van der Waals surface area contributed by atoms with E-state index in [1.165, 1.54) is 18.9 Å². The summed E-state index contributed by atoms with van der Waals surface area (Å²) < 4.78 is 0. The van der Waals surface area contributed by atoms with Crippen molar-refractivity contribution in [1.29, 1.82) is 0 Å². The van der Waals surface area contributed by atoms with Crippen LogP contribution < -0.4 is 0 Å². The summed E-state index contributed by atoms with van der Waals surface area (Å²) in [6.07, 6.45) is 8.67. The fourth-order valence-corrected chi connectivity index (χ4v) is 1.88. The molecule has 0 N–H and O–H groups in total. The van der Waals surface area contributed by atoms with Crippen molar-refractivity contribution < 1.29 is 0 Å². The normalized spacial score (nSPS) is 9.56. The van der Waals surface area contributed by atoms with Crippen molar-refractivity contribution in [2.75, 3.05) is 0 Å². The average Bonchev–Trinajstić information content (AvgIpc) is 1.80. The molecule has 0 radical (unpaired) electrons. The zero-order valence-corrected chi connectivity index (χ0v) is 7.64. The third kappa shape index (κ3) is 7.78. The highest BCUT2D eigenvalue weighted by Gasteiger charge is 1.93. The lowest BCUT2D eigenvalue weighted by Gasteiger charge is -1.98. The van der Waals surface area contributed by atoms with Gasteiger partial charge >= 0.3 is 0 Å². The molecule has 0 heterocycles. The Morgan fingerprint density at radius 2 is 2.00 bits per heavy atom. The van der Waals surface area contributed by atoms with E-state index in [0.717, 1.165) is 6.42 Å². The molecule has 9 heavy (non-hydrogen) atoms. The number of terminal acetylenes is 1. The van der Waals surface area contributed by atoms with Gasteiger partial charge < -0.3 is 0 Å². The molecule has 0 saturated carbocycles. The lowest BCUT2D eigenvalue weighted by molar-refractivity contribution is 0.821. The van der Waals surface area contributed by atoms with Crippen LogP contribution in [-0.2, 0) is 0 Å². The Kier molecular flexibility index (Phi) is 5.76. The minimum atomic E-state index is -0.282. The van der Waals surface area contributed by atoms with Crippen LogP contribution in [0, 0.1) is 12.3 Å². The van der Waals surface area contributed by atoms with Crippen LogP contribution in [0.3, 0.4) is 0 Å². The fourth-order valence-electron chi connectivity index (χ4n) is 0.780. The minimum Gasteiger partial charge on any atom is -0.120 e. The van der Waals surface area contributed by atoms with Gasteiger partial charge in [-0.3, -0.25) is 0 Å². The molecule has 0 atom stereocenters. The van der Waals surface area contributed by atoms with Crippen LogP contribution in [0.2, 0.25) is 19.1 Å². The second kappa shape index (κ2) is 5.91. The molecular weight excluding hydrogens is 124 g/mol. The van der Waals surface area contributed by atoms with Crippen molar-refractivity contribution in [1.82, 2.24) is 0 Å². The van der Waals surface area contributed by atoms with Gasteiger partial charge in [0.1, 0.15) is 0 Å². The fraction of sp³-hybridized carbons (Fsp3) is 0.750. The van der Waals surface area contributed by atoms with Gasteiger partial charge in [-0.1, -0.05) is 25.6 Å². The zero-order chi connectivity index (χ0) is 7.11. The predicted molar refractivity (Wildman–Crippen MR) is 46.4 cm³/mol. The largest absolute Gasteiger partial charge is 0.120 e. The molecule has 0 bridgehead atoms. The molecule has 0 saturated heterocycles. The third-order valence-corrected chi connectivity index (χ3v) is 2.92. The van der Waals surface area contributed by atoms with Gasteiger partial charge in [-0.25, -0.2) is 0 Å². The van der Waals surface area contributed by atoms with E-state index in [-0.39, 0.29) is 8.80 Å². The number of hydrogen-bond acceptors (Lipinski definition) is 0. The van der Waals surface area contributed by atoms with E-state index in [4.69, 9.17) is 6.42 Å². The molecule has 52 valence electrons. The maximum atomic E-state index is 5.11. The summed E-state index contributed by atoms with van der Waals surface area (Å²) in [6.45, 7) is 4.77. The van der Waals surface area contributed by atoms with Gasteiger partial charge in [-0.15, -0.1) is 12.3 Å². The molecule has 0 aromatic rings. The minimum absolute atomic E-state index is 0.282. The molecular formula is C8H16Si. The molecule has 0 aromatic carbocycles.